The van der Waals surface area contributed by atoms with Crippen LogP contribution in [0.25, 0.3) is 5.57 Å². The van der Waals surface area contributed by atoms with Gasteiger partial charge in [-0.2, -0.15) is 0 Å². The fourth-order valence-electron chi connectivity index (χ4n) is 2.90. The van der Waals surface area contributed by atoms with Gasteiger partial charge in [0.1, 0.15) is 4.88 Å². The molecule has 1 aromatic carbocycles. The van der Waals surface area contributed by atoms with E-state index in [9.17, 15) is 18.0 Å². The Morgan fingerprint density at radius 1 is 1.24 bits per heavy atom. The van der Waals surface area contributed by atoms with Gasteiger partial charge in [-0.05, 0) is 36.5 Å². The number of aromatic carboxylic acids is 1. The second-order valence-electron chi connectivity index (χ2n) is 6.62. The molecule has 0 unspecified atom stereocenters. The second-order valence-corrected chi connectivity index (χ2v) is 9.66. The first-order chi connectivity index (χ1) is 13.7. The smallest absolute Gasteiger partial charge is 0.347 e. The molecule has 0 radical (unpaired) electrons. The van der Waals surface area contributed by atoms with Gasteiger partial charge in [-0.3, -0.25) is 10.1 Å². The van der Waals surface area contributed by atoms with E-state index in [4.69, 9.17) is 9.84 Å². The van der Waals surface area contributed by atoms with Crippen molar-refractivity contribution >= 4 is 43.8 Å². The summed E-state index contributed by atoms with van der Waals surface area (Å²) in [6, 6.07) is 6.10. The fourth-order valence-corrected chi connectivity index (χ4v) is 4.18. The first kappa shape index (κ1) is 21.2. The molecule has 8 nitrogen and oxygen atoms in total. The van der Waals surface area contributed by atoms with Gasteiger partial charge in [-0.15, -0.1) is 0 Å². The Kier molecular flexibility index (Phi) is 6.46. The highest BCUT2D eigenvalue weighted by molar-refractivity contribution is 7.90. The lowest BCUT2D eigenvalue weighted by molar-refractivity contribution is -0.111. The van der Waals surface area contributed by atoms with Crippen molar-refractivity contribution < 1.29 is 27.9 Å². The number of carboxylic acids is 1. The third-order valence-corrected chi connectivity index (χ3v) is 6.47. The van der Waals surface area contributed by atoms with Crippen molar-refractivity contribution in [1.29, 1.82) is 0 Å². The van der Waals surface area contributed by atoms with E-state index in [0.29, 0.717) is 24.4 Å². The maximum absolute atomic E-state index is 12.9. The van der Waals surface area contributed by atoms with Crippen LogP contribution >= 0.6 is 11.3 Å². The molecular weight excluding hydrogens is 416 g/mol. The number of benzene rings is 1. The molecule has 1 aliphatic rings. The molecule has 1 aliphatic heterocycles. The van der Waals surface area contributed by atoms with Crippen LogP contribution in [0.4, 0.5) is 5.13 Å². The highest BCUT2D eigenvalue weighted by atomic mass is 32.2. The number of rotatable bonds is 6. The monoisotopic (exact) mass is 436 g/mol. The lowest BCUT2D eigenvalue weighted by Crippen LogP contribution is -2.18. The lowest BCUT2D eigenvalue weighted by atomic mass is 9.94. The van der Waals surface area contributed by atoms with Crippen LogP contribution in [0, 0.1) is 5.92 Å². The van der Waals surface area contributed by atoms with E-state index < -0.39 is 21.7 Å². The predicted molar refractivity (Wildman–Crippen MR) is 109 cm³/mol. The third-order valence-electron chi connectivity index (χ3n) is 4.44. The van der Waals surface area contributed by atoms with Crippen LogP contribution in [0.2, 0.25) is 0 Å². The van der Waals surface area contributed by atoms with Crippen molar-refractivity contribution in [1.82, 2.24) is 4.98 Å². The Labute approximate surface area is 172 Å². The van der Waals surface area contributed by atoms with Crippen molar-refractivity contribution in [2.75, 3.05) is 24.8 Å². The Morgan fingerprint density at radius 2 is 1.90 bits per heavy atom. The molecule has 1 saturated heterocycles. The Hall–Kier alpha value is -2.56. The molecule has 0 saturated carbocycles. The number of hydrogen-bond donors (Lipinski definition) is 2. The van der Waals surface area contributed by atoms with Gasteiger partial charge in [0.25, 0.3) is 5.91 Å². The first-order valence-electron chi connectivity index (χ1n) is 8.84. The summed E-state index contributed by atoms with van der Waals surface area (Å²) in [7, 11) is -3.35. The van der Waals surface area contributed by atoms with Gasteiger partial charge in [0, 0.05) is 25.0 Å². The molecule has 1 aromatic heterocycles. The number of nitrogens with one attached hydrogen (secondary N) is 1. The molecule has 2 aromatic rings. The standard InChI is InChI=1S/C19H20N2O6S2/c1-29(25,26)14-4-2-13(3-5-14)15(10-12-6-8-27-9-7-12)17(22)21-19-20-11-16(28-19)18(23)24/h2-5,10-12H,6-9H2,1H3,(H,23,24)(H,20,21,22)/b15-10+. The SMILES string of the molecule is CS(=O)(=O)c1ccc(/C(=C\C2CCOCC2)C(=O)Nc2ncc(C(=O)O)s2)cc1. The topological polar surface area (TPSA) is 123 Å². The largest absolute Gasteiger partial charge is 0.477 e. The van der Waals surface area contributed by atoms with Gasteiger partial charge in [0.2, 0.25) is 0 Å². The number of carbonyl (C=O) groups excluding carboxylic acids is 1. The number of carboxylic acid groups (broad SMARTS) is 1. The summed E-state index contributed by atoms with van der Waals surface area (Å²) in [6.45, 7) is 1.22. The molecule has 0 aliphatic carbocycles. The van der Waals surface area contributed by atoms with E-state index in [1.807, 2.05) is 6.08 Å². The highest BCUT2D eigenvalue weighted by Crippen LogP contribution is 2.26. The number of anilines is 1. The number of sulfone groups is 1. The van der Waals surface area contributed by atoms with E-state index in [0.717, 1.165) is 30.4 Å². The zero-order chi connectivity index (χ0) is 21.0. The molecule has 3 rings (SSSR count). The molecule has 10 heteroatoms. The Bertz CT molecular complexity index is 1030. The van der Waals surface area contributed by atoms with Crippen LogP contribution in [-0.2, 0) is 19.4 Å². The maximum Gasteiger partial charge on any atom is 0.347 e. The highest BCUT2D eigenvalue weighted by Gasteiger charge is 2.20. The maximum atomic E-state index is 12.9. The predicted octanol–water partition coefficient (Wildman–Crippen LogP) is 2.69. The minimum Gasteiger partial charge on any atom is -0.477 e. The summed E-state index contributed by atoms with van der Waals surface area (Å²) in [5.41, 5.74) is 0.945. The van der Waals surface area contributed by atoms with E-state index in [1.165, 1.54) is 18.3 Å². The molecule has 2 N–H and O–H groups in total. The second kappa shape index (κ2) is 8.85. The number of amides is 1. The molecule has 1 fully saturated rings. The summed E-state index contributed by atoms with van der Waals surface area (Å²) >= 11 is 0.865. The van der Waals surface area contributed by atoms with Crippen molar-refractivity contribution in [3.8, 4) is 0 Å². The Morgan fingerprint density at radius 3 is 2.45 bits per heavy atom. The third kappa shape index (κ3) is 5.49. The van der Waals surface area contributed by atoms with Gasteiger partial charge in [-0.1, -0.05) is 29.5 Å². The lowest BCUT2D eigenvalue weighted by Gasteiger charge is -2.20. The molecule has 154 valence electrons. The molecule has 0 bridgehead atoms. The first-order valence-corrected chi connectivity index (χ1v) is 11.6. The van der Waals surface area contributed by atoms with Crippen molar-refractivity contribution in [2.45, 2.75) is 17.7 Å². The van der Waals surface area contributed by atoms with Gasteiger partial charge in [0.05, 0.1) is 11.1 Å². The van der Waals surface area contributed by atoms with E-state index in [-0.39, 0.29) is 20.8 Å². The molecule has 1 amide bonds. The van der Waals surface area contributed by atoms with Crippen molar-refractivity contribution in [2.24, 2.45) is 5.92 Å². The average Bonchev–Trinajstić information content (AvgIpc) is 3.15. The number of thiazole rings is 1. The number of allylic oxidation sites excluding steroid dienone is 1. The number of ether oxygens (including phenoxy) is 1. The minimum atomic E-state index is -3.35. The summed E-state index contributed by atoms with van der Waals surface area (Å²) in [4.78, 5) is 28.1. The molecule has 0 atom stereocenters. The molecular formula is C19H20N2O6S2. The van der Waals surface area contributed by atoms with Gasteiger partial charge in [-0.25, -0.2) is 18.2 Å². The Balaban J connectivity index is 1.90. The summed E-state index contributed by atoms with van der Waals surface area (Å²) in [6.07, 6.45) is 5.72. The fraction of sp³-hybridized carbons (Fsp3) is 0.316. The van der Waals surface area contributed by atoms with Crippen LogP contribution in [0.15, 0.2) is 41.4 Å². The van der Waals surface area contributed by atoms with E-state index >= 15 is 0 Å². The summed E-state index contributed by atoms with van der Waals surface area (Å²) in [5.74, 6) is -1.41. The van der Waals surface area contributed by atoms with Crippen LogP contribution in [0.5, 0.6) is 0 Å². The number of nitrogens with zero attached hydrogens (tertiary/aromatic N) is 1. The zero-order valence-corrected chi connectivity index (χ0v) is 17.3. The molecule has 29 heavy (non-hydrogen) atoms. The van der Waals surface area contributed by atoms with Crippen molar-refractivity contribution in [3.63, 3.8) is 0 Å². The summed E-state index contributed by atoms with van der Waals surface area (Å²) < 4.78 is 28.8. The minimum absolute atomic E-state index is 0.0211. The van der Waals surface area contributed by atoms with Gasteiger partial charge >= 0.3 is 5.97 Å². The number of hydrogen-bond acceptors (Lipinski definition) is 7. The zero-order valence-electron chi connectivity index (χ0n) is 15.6. The van der Waals surface area contributed by atoms with Crippen LogP contribution in [0.1, 0.15) is 28.1 Å². The van der Waals surface area contributed by atoms with E-state index in [2.05, 4.69) is 10.3 Å². The van der Waals surface area contributed by atoms with Gasteiger partial charge in [0.15, 0.2) is 15.0 Å². The van der Waals surface area contributed by atoms with Crippen LogP contribution in [-0.4, -0.2) is 49.9 Å². The quantitative estimate of drug-likeness (QED) is 0.668. The normalized spacial score (nSPS) is 15.8. The van der Waals surface area contributed by atoms with E-state index in [1.54, 1.807) is 12.1 Å². The van der Waals surface area contributed by atoms with Crippen molar-refractivity contribution in [3.05, 3.63) is 47.0 Å². The number of carbonyl (C=O) groups is 2. The van der Waals surface area contributed by atoms with Gasteiger partial charge < -0.3 is 9.84 Å². The molecule has 2 heterocycles. The molecule has 0 spiro atoms. The average molecular weight is 437 g/mol. The summed E-state index contributed by atoms with van der Waals surface area (Å²) in [5, 5.41) is 11.8. The van der Waals surface area contributed by atoms with Crippen LogP contribution < -0.4 is 5.32 Å². The number of aromatic nitrogens is 1. The van der Waals surface area contributed by atoms with Crippen LogP contribution in [0.3, 0.4) is 0 Å².